The molecule has 1 atom stereocenters. The Kier molecular flexibility index (Phi) is 5.44. The van der Waals surface area contributed by atoms with E-state index in [1.54, 1.807) is 0 Å². The van der Waals surface area contributed by atoms with Gasteiger partial charge >= 0.3 is 0 Å². The Balaban J connectivity index is 2.13. The fourth-order valence-electron chi connectivity index (χ4n) is 3.92. The van der Waals surface area contributed by atoms with Gasteiger partial charge in [0.2, 0.25) is 10.0 Å². The zero-order valence-electron chi connectivity index (χ0n) is 17.1. The van der Waals surface area contributed by atoms with Gasteiger partial charge in [0.1, 0.15) is 17.7 Å². The molecular weight excluding hydrogens is 378 g/mol. The quantitative estimate of drug-likeness (QED) is 0.721. The molecule has 28 heavy (non-hydrogen) atoms. The van der Waals surface area contributed by atoms with Gasteiger partial charge in [-0.25, -0.2) is 18.1 Å². The van der Waals surface area contributed by atoms with E-state index >= 15 is 0 Å². The number of rotatable bonds is 7. The van der Waals surface area contributed by atoms with E-state index in [9.17, 15) is 8.42 Å². The number of nitrogen functional groups attached to an aromatic ring is 1. The van der Waals surface area contributed by atoms with E-state index in [1.807, 2.05) is 52.1 Å². The number of aromatic nitrogens is 1. The Morgan fingerprint density at radius 1 is 1.29 bits per heavy atom. The van der Waals surface area contributed by atoms with Crippen molar-refractivity contribution >= 4 is 38.1 Å². The van der Waals surface area contributed by atoms with E-state index in [4.69, 9.17) is 10.5 Å². The molecule has 0 saturated heterocycles. The van der Waals surface area contributed by atoms with Crippen LogP contribution in [-0.4, -0.2) is 58.2 Å². The number of hydrogen-bond donors (Lipinski definition) is 2. The molecule has 0 spiro atoms. The number of likely N-dealkylation sites (N-methyl/N-ethyl adjacent to an activating group) is 1. The highest BCUT2D eigenvalue weighted by atomic mass is 32.2. The summed E-state index contributed by atoms with van der Waals surface area (Å²) in [6, 6.07) is 7.84. The van der Waals surface area contributed by atoms with Crippen LogP contribution >= 0.6 is 0 Å². The van der Waals surface area contributed by atoms with Crippen molar-refractivity contribution in [2.75, 3.05) is 48.6 Å². The molecule has 0 saturated carbocycles. The van der Waals surface area contributed by atoms with Gasteiger partial charge in [0.15, 0.2) is 0 Å². The van der Waals surface area contributed by atoms with E-state index in [0.717, 1.165) is 22.3 Å². The predicted molar refractivity (Wildman–Crippen MR) is 114 cm³/mol. The number of sulfonamides is 1. The summed E-state index contributed by atoms with van der Waals surface area (Å²) in [5, 5.41) is 0.979. The fourth-order valence-corrected chi connectivity index (χ4v) is 4.99. The lowest BCUT2D eigenvalue weighted by molar-refractivity contribution is 0.131. The van der Waals surface area contributed by atoms with E-state index in [2.05, 4.69) is 19.5 Å². The van der Waals surface area contributed by atoms with Crippen LogP contribution < -0.4 is 20.3 Å². The van der Waals surface area contributed by atoms with E-state index in [1.165, 1.54) is 6.26 Å². The van der Waals surface area contributed by atoms with Crippen molar-refractivity contribution in [1.29, 1.82) is 0 Å². The van der Waals surface area contributed by atoms with Gasteiger partial charge in [-0.3, -0.25) is 0 Å². The Hall–Kier alpha value is -2.10. The van der Waals surface area contributed by atoms with Crippen molar-refractivity contribution in [1.82, 2.24) is 9.71 Å². The smallest absolute Gasteiger partial charge is 0.209 e. The number of benzene rings is 1. The summed E-state index contributed by atoms with van der Waals surface area (Å²) >= 11 is 0. The standard InChI is InChI=1S/C19H29N5O3S/c1-6-27-11-15-23(4)17-16(13-9-7-8-10-14(13)21-18(17)20)24(15)12-19(2,3)22-28(5,25)26/h7-10,15,22H,6,11-12H2,1-5H3,(H2,20,21). The summed E-state index contributed by atoms with van der Waals surface area (Å²) in [6.07, 6.45) is 1.05. The molecule has 0 fully saturated rings. The van der Waals surface area contributed by atoms with Gasteiger partial charge in [-0.1, -0.05) is 18.2 Å². The largest absolute Gasteiger partial charge is 0.382 e. The third kappa shape index (κ3) is 4.01. The van der Waals surface area contributed by atoms with Gasteiger partial charge < -0.3 is 20.3 Å². The summed E-state index contributed by atoms with van der Waals surface area (Å²) in [7, 11) is -1.39. The van der Waals surface area contributed by atoms with Gasteiger partial charge in [0.25, 0.3) is 0 Å². The third-order valence-electron chi connectivity index (χ3n) is 4.81. The number of nitrogens with one attached hydrogen (secondary N) is 1. The Bertz CT molecular complexity index is 977. The lowest BCUT2D eigenvalue weighted by Gasteiger charge is -2.37. The minimum Gasteiger partial charge on any atom is -0.382 e. The average Bonchev–Trinajstić information content (AvgIpc) is 2.83. The minimum atomic E-state index is -3.36. The van der Waals surface area contributed by atoms with Crippen molar-refractivity contribution in [3.05, 3.63) is 24.3 Å². The van der Waals surface area contributed by atoms with Crippen LogP contribution in [-0.2, 0) is 14.8 Å². The Morgan fingerprint density at radius 3 is 2.61 bits per heavy atom. The zero-order valence-corrected chi connectivity index (χ0v) is 17.9. The van der Waals surface area contributed by atoms with E-state index in [-0.39, 0.29) is 6.17 Å². The van der Waals surface area contributed by atoms with Crippen LogP contribution in [0.15, 0.2) is 24.3 Å². The first-order chi connectivity index (χ1) is 13.0. The first-order valence-corrected chi connectivity index (χ1v) is 11.2. The molecule has 2 heterocycles. The van der Waals surface area contributed by atoms with Crippen LogP contribution in [0, 0.1) is 0 Å². The Labute approximate surface area is 166 Å². The minimum absolute atomic E-state index is 0.120. The molecule has 2 aromatic rings. The number of anilines is 3. The molecule has 3 N–H and O–H groups in total. The molecule has 1 unspecified atom stereocenters. The summed E-state index contributed by atoms with van der Waals surface area (Å²) in [6.45, 7) is 7.20. The van der Waals surface area contributed by atoms with Crippen molar-refractivity contribution in [2.24, 2.45) is 0 Å². The van der Waals surface area contributed by atoms with Crippen LogP contribution in [0.2, 0.25) is 0 Å². The third-order valence-corrected chi connectivity index (χ3v) is 5.74. The molecule has 0 bridgehead atoms. The molecule has 8 nitrogen and oxygen atoms in total. The SMILES string of the molecule is CCOCC1N(C)c2c(N)nc3ccccc3c2N1CC(C)(C)NS(C)(=O)=O. The Morgan fingerprint density at radius 2 is 1.96 bits per heavy atom. The van der Waals surface area contributed by atoms with Crippen LogP contribution in [0.4, 0.5) is 17.2 Å². The first kappa shape index (κ1) is 20.6. The van der Waals surface area contributed by atoms with Gasteiger partial charge in [0, 0.05) is 31.1 Å². The molecule has 0 aliphatic carbocycles. The van der Waals surface area contributed by atoms with Crippen molar-refractivity contribution in [2.45, 2.75) is 32.5 Å². The number of hydrogen-bond acceptors (Lipinski definition) is 7. The first-order valence-electron chi connectivity index (χ1n) is 9.28. The van der Waals surface area contributed by atoms with Crippen LogP contribution in [0.3, 0.4) is 0 Å². The summed E-state index contributed by atoms with van der Waals surface area (Å²) in [4.78, 5) is 8.80. The number of nitrogens with zero attached hydrogens (tertiary/aromatic N) is 3. The molecule has 3 rings (SSSR count). The molecule has 0 amide bonds. The van der Waals surface area contributed by atoms with Crippen LogP contribution in [0.25, 0.3) is 10.9 Å². The molecule has 1 aliphatic heterocycles. The monoisotopic (exact) mass is 407 g/mol. The maximum atomic E-state index is 11.9. The van der Waals surface area contributed by atoms with Gasteiger partial charge in [-0.05, 0) is 26.8 Å². The number of fused-ring (bicyclic) bond motifs is 3. The normalized spacial score (nSPS) is 17.4. The molecular formula is C19H29N5O3S. The van der Waals surface area contributed by atoms with Crippen molar-refractivity contribution in [3.8, 4) is 0 Å². The van der Waals surface area contributed by atoms with Crippen molar-refractivity contribution < 1.29 is 13.2 Å². The fraction of sp³-hybridized carbons (Fsp3) is 0.526. The van der Waals surface area contributed by atoms with E-state index in [0.29, 0.717) is 25.6 Å². The second kappa shape index (κ2) is 7.38. The van der Waals surface area contributed by atoms with Gasteiger partial charge in [0.05, 0.1) is 24.1 Å². The maximum absolute atomic E-state index is 11.9. The second-order valence-corrected chi connectivity index (χ2v) is 9.60. The molecule has 154 valence electrons. The van der Waals surface area contributed by atoms with Crippen LogP contribution in [0.5, 0.6) is 0 Å². The highest BCUT2D eigenvalue weighted by molar-refractivity contribution is 7.88. The molecule has 1 aliphatic rings. The zero-order chi connectivity index (χ0) is 20.7. The van der Waals surface area contributed by atoms with Crippen molar-refractivity contribution in [3.63, 3.8) is 0 Å². The number of pyridine rings is 1. The molecule has 0 radical (unpaired) electrons. The van der Waals surface area contributed by atoms with Gasteiger partial charge in [-0.15, -0.1) is 0 Å². The summed E-state index contributed by atoms with van der Waals surface area (Å²) < 4.78 is 32.2. The highest BCUT2D eigenvalue weighted by Gasteiger charge is 2.40. The summed E-state index contributed by atoms with van der Waals surface area (Å²) in [5.41, 5.74) is 8.23. The molecule has 1 aromatic carbocycles. The molecule has 9 heteroatoms. The van der Waals surface area contributed by atoms with Crippen LogP contribution in [0.1, 0.15) is 20.8 Å². The maximum Gasteiger partial charge on any atom is 0.209 e. The van der Waals surface area contributed by atoms with E-state index < -0.39 is 15.6 Å². The number of para-hydroxylation sites is 1. The lowest BCUT2D eigenvalue weighted by Crippen LogP contribution is -2.55. The second-order valence-electron chi connectivity index (χ2n) is 7.85. The lowest BCUT2D eigenvalue weighted by atomic mass is 10.0. The topological polar surface area (TPSA) is 101 Å². The van der Waals surface area contributed by atoms with Gasteiger partial charge in [-0.2, -0.15) is 0 Å². The highest BCUT2D eigenvalue weighted by Crippen LogP contribution is 2.46. The number of ether oxygens (including phenoxy) is 1. The molecule has 1 aromatic heterocycles. The summed E-state index contributed by atoms with van der Waals surface area (Å²) in [5.74, 6) is 0.453. The predicted octanol–water partition coefficient (Wildman–Crippen LogP) is 1.76. The number of nitrogens with two attached hydrogens (primary N) is 1. The average molecular weight is 408 g/mol.